The molecule has 0 bridgehead atoms. The maximum atomic E-state index is 10.9. The van der Waals surface area contributed by atoms with Crippen LogP contribution in [0.15, 0.2) is 12.3 Å². The Labute approximate surface area is 104 Å². The average molecular weight is 245 g/mol. The Morgan fingerprint density at radius 2 is 2.33 bits per heavy atom. The van der Waals surface area contributed by atoms with Crippen LogP contribution in [0, 0.1) is 0 Å². The first-order valence-electron chi connectivity index (χ1n) is 6.30. The molecule has 0 spiro atoms. The largest absolute Gasteiger partial charge is 0.478 e. The molecular weight excluding hydrogens is 230 g/mol. The lowest BCUT2D eigenvalue weighted by atomic mass is 9.85. The van der Waals surface area contributed by atoms with E-state index in [4.69, 9.17) is 5.11 Å². The molecule has 0 atom stereocenters. The van der Waals surface area contributed by atoms with Gasteiger partial charge in [0, 0.05) is 18.7 Å². The van der Waals surface area contributed by atoms with Crippen molar-refractivity contribution in [1.29, 1.82) is 0 Å². The lowest BCUT2D eigenvalue weighted by molar-refractivity contribution is 0.0696. The molecule has 0 aliphatic heterocycles. The zero-order valence-corrected chi connectivity index (χ0v) is 10.3. The Morgan fingerprint density at radius 3 is 2.89 bits per heavy atom. The SMILES string of the molecule is CCn1c(C2CCC2)nc2cc(C(=O)O)cnc21. The van der Waals surface area contributed by atoms with E-state index in [0.29, 0.717) is 11.4 Å². The van der Waals surface area contributed by atoms with Gasteiger partial charge in [0.2, 0.25) is 0 Å². The number of carboxylic acids is 1. The Hall–Kier alpha value is -1.91. The van der Waals surface area contributed by atoms with E-state index in [2.05, 4.69) is 21.5 Å². The first kappa shape index (κ1) is 11.2. The van der Waals surface area contributed by atoms with Gasteiger partial charge in [0.25, 0.3) is 0 Å². The van der Waals surface area contributed by atoms with Crippen molar-refractivity contribution >= 4 is 17.1 Å². The number of pyridine rings is 1. The maximum absolute atomic E-state index is 10.9. The summed E-state index contributed by atoms with van der Waals surface area (Å²) in [4.78, 5) is 19.8. The molecule has 1 aliphatic rings. The summed E-state index contributed by atoms with van der Waals surface area (Å²) in [5, 5.41) is 8.97. The molecule has 2 heterocycles. The molecule has 1 fully saturated rings. The second-order valence-electron chi connectivity index (χ2n) is 4.71. The fourth-order valence-corrected chi connectivity index (χ4v) is 2.44. The van der Waals surface area contributed by atoms with Crippen molar-refractivity contribution in [1.82, 2.24) is 14.5 Å². The molecule has 2 aromatic heterocycles. The van der Waals surface area contributed by atoms with Gasteiger partial charge in [0.15, 0.2) is 5.65 Å². The van der Waals surface area contributed by atoms with Gasteiger partial charge in [-0.1, -0.05) is 6.42 Å². The highest BCUT2D eigenvalue weighted by molar-refractivity contribution is 5.90. The number of rotatable bonds is 3. The van der Waals surface area contributed by atoms with Crippen LogP contribution in [-0.4, -0.2) is 25.6 Å². The second kappa shape index (κ2) is 4.08. The number of hydrogen-bond acceptors (Lipinski definition) is 3. The summed E-state index contributed by atoms with van der Waals surface area (Å²) in [5.41, 5.74) is 1.69. The van der Waals surface area contributed by atoms with Crippen LogP contribution in [0.25, 0.3) is 11.2 Å². The van der Waals surface area contributed by atoms with Crippen molar-refractivity contribution in [3.8, 4) is 0 Å². The second-order valence-corrected chi connectivity index (χ2v) is 4.71. The number of carboxylic acid groups (broad SMARTS) is 1. The topological polar surface area (TPSA) is 68.0 Å². The van der Waals surface area contributed by atoms with Crippen LogP contribution >= 0.6 is 0 Å². The van der Waals surface area contributed by atoms with E-state index >= 15 is 0 Å². The molecule has 0 saturated heterocycles. The molecule has 5 nitrogen and oxygen atoms in total. The van der Waals surface area contributed by atoms with E-state index in [1.807, 2.05) is 0 Å². The van der Waals surface area contributed by atoms with Crippen LogP contribution < -0.4 is 0 Å². The highest BCUT2D eigenvalue weighted by atomic mass is 16.4. The highest BCUT2D eigenvalue weighted by Crippen LogP contribution is 2.36. The zero-order chi connectivity index (χ0) is 12.7. The molecule has 0 amide bonds. The third-order valence-corrected chi connectivity index (χ3v) is 3.65. The minimum absolute atomic E-state index is 0.198. The third kappa shape index (κ3) is 1.58. The lowest BCUT2D eigenvalue weighted by Crippen LogP contribution is -2.15. The predicted molar refractivity (Wildman–Crippen MR) is 66.8 cm³/mol. The van der Waals surface area contributed by atoms with E-state index in [-0.39, 0.29) is 5.56 Å². The third-order valence-electron chi connectivity index (χ3n) is 3.65. The summed E-state index contributed by atoms with van der Waals surface area (Å²) in [6.07, 6.45) is 5.01. The Bertz CT molecular complexity index is 614. The molecule has 2 aromatic rings. The van der Waals surface area contributed by atoms with E-state index in [1.54, 1.807) is 6.07 Å². The van der Waals surface area contributed by atoms with Crippen LogP contribution in [-0.2, 0) is 6.54 Å². The van der Waals surface area contributed by atoms with E-state index < -0.39 is 5.97 Å². The quantitative estimate of drug-likeness (QED) is 0.901. The Kier molecular flexibility index (Phi) is 2.54. The van der Waals surface area contributed by atoms with Gasteiger partial charge in [0.05, 0.1) is 5.56 Å². The first-order chi connectivity index (χ1) is 8.70. The molecular formula is C13H15N3O2. The van der Waals surface area contributed by atoms with Crippen LogP contribution in [0.2, 0.25) is 0 Å². The van der Waals surface area contributed by atoms with Crippen LogP contribution in [0.3, 0.4) is 0 Å². The van der Waals surface area contributed by atoms with Crippen molar-refractivity contribution in [2.45, 2.75) is 38.6 Å². The Morgan fingerprint density at radius 1 is 1.56 bits per heavy atom. The summed E-state index contributed by atoms with van der Waals surface area (Å²) < 4.78 is 2.10. The number of aromatic nitrogens is 3. The van der Waals surface area contributed by atoms with Crippen LogP contribution in [0.1, 0.15) is 48.3 Å². The van der Waals surface area contributed by atoms with Crippen molar-refractivity contribution in [3.63, 3.8) is 0 Å². The fraction of sp³-hybridized carbons (Fsp3) is 0.462. The van der Waals surface area contributed by atoms with Gasteiger partial charge < -0.3 is 9.67 Å². The van der Waals surface area contributed by atoms with Gasteiger partial charge in [-0.3, -0.25) is 0 Å². The highest BCUT2D eigenvalue weighted by Gasteiger charge is 2.26. The summed E-state index contributed by atoms with van der Waals surface area (Å²) in [6, 6.07) is 1.61. The van der Waals surface area contributed by atoms with E-state index in [9.17, 15) is 4.79 Å². The molecule has 0 aromatic carbocycles. The van der Waals surface area contributed by atoms with Crippen molar-refractivity contribution < 1.29 is 9.90 Å². The molecule has 0 unspecified atom stereocenters. The molecule has 1 saturated carbocycles. The number of aryl methyl sites for hydroxylation is 1. The minimum Gasteiger partial charge on any atom is -0.478 e. The predicted octanol–water partition coefficient (Wildman–Crippen LogP) is 2.42. The standard InChI is InChI=1S/C13H15N3O2/c1-2-16-11(8-4-3-5-8)15-10-6-9(13(17)18)7-14-12(10)16/h6-8H,2-5H2,1H3,(H,17,18). The first-order valence-corrected chi connectivity index (χ1v) is 6.30. The van der Waals surface area contributed by atoms with E-state index in [0.717, 1.165) is 18.0 Å². The van der Waals surface area contributed by atoms with E-state index in [1.165, 1.54) is 25.5 Å². The van der Waals surface area contributed by atoms with Crippen LogP contribution in [0.4, 0.5) is 0 Å². The summed E-state index contributed by atoms with van der Waals surface area (Å²) >= 11 is 0. The van der Waals surface area contributed by atoms with Crippen molar-refractivity contribution in [3.05, 3.63) is 23.7 Å². The Balaban J connectivity index is 2.16. The number of hydrogen-bond donors (Lipinski definition) is 1. The van der Waals surface area contributed by atoms with Gasteiger partial charge in [-0.15, -0.1) is 0 Å². The number of fused-ring (bicyclic) bond motifs is 1. The number of imidazole rings is 1. The molecule has 1 aliphatic carbocycles. The molecule has 3 rings (SSSR count). The summed E-state index contributed by atoms with van der Waals surface area (Å²) in [6.45, 7) is 2.89. The monoisotopic (exact) mass is 245 g/mol. The van der Waals surface area contributed by atoms with Gasteiger partial charge in [0.1, 0.15) is 11.3 Å². The fourth-order valence-electron chi connectivity index (χ4n) is 2.44. The van der Waals surface area contributed by atoms with Gasteiger partial charge in [-0.2, -0.15) is 0 Å². The lowest BCUT2D eigenvalue weighted by Gasteiger charge is -2.25. The molecule has 0 radical (unpaired) electrons. The molecule has 94 valence electrons. The maximum Gasteiger partial charge on any atom is 0.337 e. The summed E-state index contributed by atoms with van der Waals surface area (Å²) in [5.74, 6) is 0.627. The smallest absolute Gasteiger partial charge is 0.337 e. The molecule has 18 heavy (non-hydrogen) atoms. The number of carbonyl (C=O) groups is 1. The van der Waals surface area contributed by atoms with Crippen molar-refractivity contribution in [2.75, 3.05) is 0 Å². The normalized spacial score (nSPS) is 15.8. The van der Waals surface area contributed by atoms with Gasteiger partial charge >= 0.3 is 5.97 Å². The summed E-state index contributed by atoms with van der Waals surface area (Å²) in [7, 11) is 0. The zero-order valence-electron chi connectivity index (χ0n) is 10.3. The average Bonchev–Trinajstić information content (AvgIpc) is 2.63. The van der Waals surface area contributed by atoms with Crippen LogP contribution in [0.5, 0.6) is 0 Å². The molecule has 1 N–H and O–H groups in total. The minimum atomic E-state index is -0.958. The van der Waals surface area contributed by atoms with Gasteiger partial charge in [-0.05, 0) is 25.8 Å². The number of aromatic carboxylic acids is 1. The molecule has 5 heteroatoms. The number of nitrogens with zero attached hydrogens (tertiary/aromatic N) is 3. The van der Waals surface area contributed by atoms with Gasteiger partial charge in [-0.25, -0.2) is 14.8 Å². The van der Waals surface area contributed by atoms with Crippen molar-refractivity contribution in [2.24, 2.45) is 0 Å².